The lowest BCUT2D eigenvalue weighted by Gasteiger charge is -2.23. The van der Waals surface area contributed by atoms with E-state index in [2.05, 4.69) is 16.0 Å². The molecule has 0 rings (SSSR count). The van der Waals surface area contributed by atoms with E-state index in [0.717, 1.165) is 0 Å². The summed E-state index contributed by atoms with van der Waals surface area (Å²) in [7, 11) is 0. The first-order chi connectivity index (χ1) is 14.2. The highest BCUT2D eigenvalue weighted by Gasteiger charge is 2.30. The van der Waals surface area contributed by atoms with Gasteiger partial charge in [0.2, 0.25) is 29.5 Å². The van der Waals surface area contributed by atoms with E-state index in [9.17, 15) is 33.9 Å². The molecular formula is C18H32N6O7. The first-order valence-corrected chi connectivity index (χ1v) is 9.70. The first-order valence-electron chi connectivity index (χ1n) is 9.70. The van der Waals surface area contributed by atoms with Crippen LogP contribution in [0.25, 0.3) is 0 Å². The fraction of sp³-hybridized carbons (Fsp3) is 0.667. The summed E-state index contributed by atoms with van der Waals surface area (Å²) in [5, 5.41) is 16.1. The molecule has 4 unspecified atom stereocenters. The van der Waals surface area contributed by atoms with Crippen LogP contribution < -0.4 is 33.2 Å². The normalized spacial score (nSPS) is 14.6. The summed E-state index contributed by atoms with van der Waals surface area (Å²) in [6, 6.07) is -4.90. The Morgan fingerprint density at radius 1 is 0.806 bits per heavy atom. The van der Waals surface area contributed by atoms with Gasteiger partial charge < -0.3 is 38.3 Å². The van der Waals surface area contributed by atoms with Gasteiger partial charge in [-0.2, -0.15) is 0 Å². The van der Waals surface area contributed by atoms with Crippen molar-refractivity contribution < 1.29 is 33.9 Å². The van der Waals surface area contributed by atoms with Crippen LogP contribution >= 0.6 is 0 Å². The minimum atomic E-state index is -1.44. The zero-order valence-corrected chi connectivity index (χ0v) is 17.8. The molecule has 0 saturated heterocycles. The second kappa shape index (κ2) is 13.2. The number of amides is 5. The van der Waals surface area contributed by atoms with Crippen LogP contribution in [0.4, 0.5) is 0 Å². The number of nitrogens with two attached hydrogens (primary N) is 3. The maximum absolute atomic E-state index is 12.5. The molecule has 5 amide bonds. The monoisotopic (exact) mass is 444 g/mol. The van der Waals surface area contributed by atoms with Gasteiger partial charge in [0.25, 0.3) is 0 Å². The quantitative estimate of drug-likeness (QED) is 0.146. The highest BCUT2D eigenvalue weighted by molar-refractivity contribution is 5.96. The highest BCUT2D eigenvalue weighted by Crippen LogP contribution is 2.06. The Balaban J connectivity index is 5.08. The Morgan fingerprint density at radius 3 is 1.81 bits per heavy atom. The molecule has 0 aromatic carbocycles. The summed E-state index contributed by atoms with van der Waals surface area (Å²) in [6.07, 6.45) is -0.579. The average molecular weight is 444 g/mol. The van der Waals surface area contributed by atoms with Gasteiger partial charge >= 0.3 is 5.97 Å². The van der Waals surface area contributed by atoms with Crippen molar-refractivity contribution in [2.24, 2.45) is 23.1 Å². The molecule has 0 fully saturated rings. The Hall–Kier alpha value is -3.22. The van der Waals surface area contributed by atoms with Gasteiger partial charge in [-0.1, -0.05) is 13.8 Å². The van der Waals surface area contributed by atoms with E-state index in [0.29, 0.717) is 0 Å². The van der Waals surface area contributed by atoms with Gasteiger partial charge in [-0.25, -0.2) is 4.79 Å². The summed E-state index contributed by atoms with van der Waals surface area (Å²) in [4.78, 5) is 70.3. The first kappa shape index (κ1) is 27.8. The van der Waals surface area contributed by atoms with Crippen LogP contribution in [0, 0.1) is 5.92 Å². The molecule has 31 heavy (non-hydrogen) atoms. The van der Waals surface area contributed by atoms with Crippen LogP contribution in [0.3, 0.4) is 0 Å². The molecule has 10 N–H and O–H groups in total. The minimum Gasteiger partial charge on any atom is -0.480 e. The van der Waals surface area contributed by atoms with Crippen molar-refractivity contribution in [1.82, 2.24) is 16.0 Å². The Labute approximate surface area is 179 Å². The predicted octanol–water partition coefficient (Wildman–Crippen LogP) is -2.94. The standard InChI is InChI=1S/C18H32N6O7/c1-8(2)6-12(18(30)31)24-17(29)11(7-14(21)26)23-15(27)9(3)22-16(28)10(19)4-5-13(20)25/h8-12H,4-7,19H2,1-3H3,(H2,20,25)(H2,21,26)(H,22,28)(H,23,27)(H,24,29)(H,30,31). The minimum absolute atomic E-state index is 0.0192. The molecule has 0 aliphatic rings. The lowest BCUT2D eigenvalue weighted by Crippen LogP contribution is -2.57. The summed E-state index contributed by atoms with van der Waals surface area (Å²) in [6.45, 7) is 4.85. The molecule has 13 nitrogen and oxygen atoms in total. The second-order valence-corrected chi connectivity index (χ2v) is 7.60. The van der Waals surface area contributed by atoms with E-state index in [1.807, 2.05) is 0 Å². The summed E-state index contributed by atoms with van der Waals surface area (Å²) < 4.78 is 0. The zero-order chi connectivity index (χ0) is 24.3. The largest absolute Gasteiger partial charge is 0.480 e. The maximum atomic E-state index is 12.5. The molecule has 0 aliphatic carbocycles. The molecule has 0 bridgehead atoms. The molecule has 0 spiro atoms. The number of primary amides is 2. The van der Waals surface area contributed by atoms with Crippen molar-refractivity contribution in [3.05, 3.63) is 0 Å². The number of hydrogen-bond acceptors (Lipinski definition) is 7. The third-order valence-corrected chi connectivity index (χ3v) is 4.15. The number of carboxylic acid groups (broad SMARTS) is 1. The Kier molecular flexibility index (Phi) is 11.8. The molecule has 0 aliphatic heterocycles. The van der Waals surface area contributed by atoms with E-state index in [1.54, 1.807) is 13.8 Å². The third-order valence-electron chi connectivity index (χ3n) is 4.15. The van der Waals surface area contributed by atoms with E-state index < -0.39 is 66.1 Å². The molecule has 0 aromatic heterocycles. The van der Waals surface area contributed by atoms with Crippen molar-refractivity contribution in [1.29, 1.82) is 0 Å². The number of nitrogens with one attached hydrogen (secondary N) is 3. The van der Waals surface area contributed by atoms with Gasteiger partial charge in [0.1, 0.15) is 18.1 Å². The van der Waals surface area contributed by atoms with Crippen molar-refractivity contribution >= 4 is 35.5 Å². The van der Waals surface area contributed by atoms with E-state index in [-0.39, 0.29) is 25.2 Å². The number of hydrogen-bond donors (Lipinski definition) is 7. The van der Waals surface area contributed by atoms with Crippen LogP contribution in [-0.2, 0) is 28.8 Å². The molecule has 0 saturated carbocycles. The Bertz CT molecular complexity index is 697. The third kappa shape index (κ3) is 11.5. The van der Waals surface area contributed by atoms with Crippen LogP contribution in [-0.4, -0.2) is 64.8 Å². The summed E-state index contributed by atoms with van der Waals surface area (Å²) in [5.74, 6) is -5.30. The van der Waals surface area contributed by atoms with Crippen LogP contribution in [0.15, 0.2) is 0 Å². The molecule has 0 radical (unpaired) electrons. The van der Waals surface area contributed by atoms with Gasteiger partial charge in [-0.15, -0.1) is 0 Å². The fourth-order valence-corrected chi connectivity index (χ4v) is 2.49. The summed E-state index contributed by atoms with van der Waals surface area (Å²) in [5.41, 5.74) is 15.7. The highest BCUT2D eigenvalue weighted by atomic mass is 16.4. The van der Waals surface area contributed by atoms with Crippen molar-refractivity contribution in [2.45, 2.75) is 70.6 Å². The van der Waals surface area contributed by atoms with E-state index >= 15 is 0 Å². The number of carboxylic acids is 1. The maximum Gasteiger partial charge on any atom is 0.326 e. The zero-order valence-electron chi connectivity index (χ0n) is 17.8. The lowest BCUT2D eigenvalue weighted by molar-refractivity contribution is -0.143. The number of carbonyl (C=O) groups excluding carboxylic acids is 5. The molecule has 4 atom stereocenters. The van der Waals surface area contributed by atoms with Crippen LogP contribution in [0.5, 0.6) is 0 Å². The second-order valence-electron chi connectivity index (χ2n) is 7.60. The van der Waals surface area contributed by atoms with E-state index in [4.69, 9.17) is 17.2 Å². The topological polar surface area (TPSA) is 237 Å². The van der Waals surface area contributed by atoms with Crippen molar-refractivity contribution in [3.8, 4) is 0 Å². The van der Waals surface area contributed by atoms with Gasteiger partial charge in [0.15, 0.2) is 0 Å². The van der Waals surface area contributed by atoms with Crippen molar-refractivity contribution in [3.63, 3.8) is 0 Å². The Morgan fingerprint density at radius 2 is 1.35 bits per heavy atom. The van der Waals surface area contributed by atoms with Gasteiger partial charge in [0.05, 0.1) is 12.5 Å². The van der Waals surface area contributed by atoms with Crippen LogP contribution in [0.1, 0.15) is 46.5 Å². The lowest BCUT2D eigenvalue weighted by atomic mass is 10.0. The molecule has 0 heterocycles. The fourth-order valence-electron chi connectivity index (χ4n) is 2.49. The predicted molar refractivity (Wildman–Crippen MR) is 109 cm³/mol. The molecule has 0 aromatic rings. The van der Waals surface area contributed by atoms with Crippen LogP contribution in [0.2, 0.25) is 0 Å². The average Bonchev–Trinajstić information content (AvgIpc) is 2.63. The van der Waals surface area contributed by atoms with Crippen molar-refractivity contribution in [2.75, 3.05) is 0 Å². The number of aliphatic carboxylic acids is 1. The number of carbonyl (C=O) groups is 6. The number of rotatable bonds is 14. The smallest absolute Gasteiger partial charge is 0.326 e. The SMILES string of the molecule is CC(C)CC(NC(=O)C(CC(N)=O)NC(=O)C(C)NC(=O)C(N)CCC(N)=O)C(=O)O. The molecular weight excluding hydrogens is 412 g/mol. The molecule has 176 valence electrons. The van der Waals surface area contributed by atoms with E-state index in [1.165, 1.54) is 6.92 Å². The van der Waals surface area contributed by atoms with Gasteiger partial charge in [-0.05, 0) is 25.7 Å². The summed E-state index contributed by atoms with van der Waals surface area (Å²) >= 11 is 0. The molecule has 13 heteroatoms. The van der Waals surface area contributed by atoms with Gasteiger partial charge in [0, 0.05) is 6.42 Å². The van der Waals surface area contributed by atoms with Gasteiger partial charge in [-0.3, -0.25) is 24.0 Å².